The summed E-state index contributed by atoms with van der Waals surface area (Å²) in [5, 5.41) is 6.05. The van der Waals surface area contributed by atoms with E-state index in [-0.39, 0.29) is 12.1 Å². The third-order valence-electron chi connectivity index (χ3n) is 5.26. The predicted molar refractivity (Wildman–Crippen MR) is 94.6 cm³/mol. The van der Waals surface area contributed by atoms with Gasteiger partial charge in [0.25, 0.3) is 0 Å². The molecule has 6 nitrogen and oxygen atoms in total. The molecular weight excluding hydrogens is 304 g/mol. The lowest BCUT2D eigenvalue weighted by molar-refractivity contribution is 0.114. The zero-order valence-corrected chi connectivity index (χ0v) is 15.1. The maximum atomic E-state index is 12.3. The Balaban J connectivity index is 1.54. The first-order chi connectivity index (χ1) is 11.5. The number of nitrogens with zero attached hydrogens (tertiary/aromatic N) is 2. The number of hydrogen-bond acceptors (Lipinski definition) is 4. The minimum Gasteiger partial charge on any atom is -0.490 e. The van der Waals surface area contributed by atoms with E-state index in [9.17, 15) is 4.79 Å². The van der Waals surface area contributed by atoms with Crippen molar-refractivity contribution in [3.05, 3.63) is 28.8 Å². The number of aryl methyl sites for hydroxylation is 1. The second-order valence-corrected chi connectivity index (χ2v) is 7.04. The van der Waals surface area contributed by atoms with Crippen molar-refractivity contribution in [3.8, 4) is 5.75 Å². The molecule has 2 aliphatic rings. The van der Waals surface area contributed by atoms with Gasteiger partial charge in [-0.15, -0.1) is 0 Å². The Labute approximate surface area is 144 Å². The maximum Gasteiger partial charge on any atom is 0.315 e. The highest BCUT2D eigenvalue weighted by atomic mass is 16.5. The summed E-state index contributed by atoms with van der Waals surface area (Å²) >= 11 is 0. The van der Waals surface area contributed by atoms with Crippen molar-refractivity contribution in [2.45, 2.75) is 25.9 Å². The van der Waals surface area contributed by atoms with Crippen LogP contribution in [0.3, 0.4) is 0 Å². The van der Waals surface area contributed by atoms with Crippen molar-refractivity contribution in [3.63, 3.8) is 0 Å². The van der Waals surface area contributed by atoms with E-state index in [1.54, 1.807) is 0 Å². The number of rotatable bonds is 3. The van der Waals surface area contributed by atoms with Crippen LogP contribution in [0.5, 0.6) is 5.75 Å². The Kier molecular flexibility index (Phi) is 4.96. The van der Waals surface area contributed by atoms with Crippen molar-refractivity contribution < 1.29 is 9.53 Å². The molecule has 6 heteroatoms. The predicted octanol–water partition coefficient (Wildman–Crippen LogP) is 1.28. The SMILES string of the molecule is Cc1ccc2c(c1C)OCC2NC(=O)NCC1CN(C)CCN1C. The molecular formula is C18H28N4O2. The molecule has 2 heterocycles. The van der Waals surface area contributed by atoms with Gasteiger partial charge in [0.2, 0.25) is 0 Å². The number of likely N-dealkylation sites (N-methyl/N-ethyl adjacent to an activating group) is 2. The number of benzene rings is 1. The van der Waals surface area contributed by atoms with Crippen molar-refractivity contribution in [1.29, 1.82) is 0 Å². The number of piperazine rings is 1. The van der Waals surface area contributed by atoms with Gasteiger partial charge in [-0.2, -0.15) is 0 Å². The van der Waals surface area contributed by atoms with E-state index in [2.05, 4.69) is 60.5 Å². The Morgan fingerprint density at radius 1 is 1.29 bits per heavy atom. The van der Waals surface area contributed by atoms with Gasteiger partial charge in [-0.1, -0.05) is 12.1 Å². The molecule has 1 saturated heterocycles. The van der Waals surface area contributed by atoms with Crippen LogP contribution in [0.1, 0.15) is 22.7 Å². The van der Waals surface area contributed by atoms with E-state index in [1.807, 2.05) is 0 Å². The average molecular weight is 332 g/mol. The highest BCUT2D eigenvalue weighted by molar-refractivity contribution is 5.75. The lowest BCUT2D eigenvalue weighted by Gasteiger charge is -2.37. The summed E-state index contributed by atoms with van der Waals surface area (Å²) in [6, 6.07) is 4.29. The monoisotopic (exact) mass is 332 g/mol. The fraction of sp³-hybridized carbons (Fsp3) is 0.611. The normalized spacial score (nSPS) is 24.3. The Morgan fingerprint density at radius 3 is 2.88 bits per heavy atom. The molecule has 1 fully saturated rings. The molecule has 1 aromatic rings. The van der Waals surface area contributed by atoms with Gasteiger partial charge in [-0.3, -0.25) is 4.90 Å². The van der Waals surface area contributed by atoms with Crippen LogP contribution in [-0.2, 0) is 0 Å². The molecule has 3 rings (SSSR count). The lowest BCUT2D eigenvalue weighted by Crippen LogP contribution is -2.55. The summed E-state index contributed by atoms with van der Waals surface area (Å²) in [6.45, 7) is 8.38. The topological polar surface area (TPSA) is 56.8 Å². The molecule has 0 aromatic heterocycles. The zero-order valence-electron chi connectivity index (χ0n) is 15.1. The summed E-state index contributed by atoms with van der Waals surface area (Å²) < 4.78 is 5.79. The van der Waals surface area contributed by atoms with E-state index < -0.39 is 0 Å². The number of fused-ring (bicyclic) bond motifs is 1. The summed E-state index contributed by atoms with van der Waals surface area (Å²) in [5.74, 6) is 0.925. The number of amides is 2. The van der Waals surface area contributed by atoms with Crippen LogP contribution in [-0.4, -0.2) is 68.8 Å². The van der Waals surface area contributed by atoms with Crippen LogP contribution in [0.15, 0.2) is 12.1 Å². The highest BCUT2D eigenvalue weighted by Crippen LogP contribution is 2.36. The Bertz CT molecular complexity index is 619. The van der Waals surface area contributed by atoms with Crippen molar-refractivity contribution in [2.24, 2.45) is 0 Å². The van der Waals surface area contributed by atoms with Crippen molar-refractivity contribution >= 4 is 6.03 Å². The number of nitrogens with one attached hydrogen (secondary N) is 2. The third kappa shape index (κ3) is 3.49. The smallest absolute Gasteiger partial charge is 0.315 e. The number of urea groups is 1. The third-order valence-corrected chi connectivity index (χ3v) is 5.26. The summed E-state index contributed by atoms with van der Waals surface area (Å²) in [4.78, 5) is 16.9. The van der Waals surface area contributed by atoms with E-state index >= 15 is 0 Å². The molecule has 0 aliphatic carbocycles. The molecule has 2 N–H and O–H groups in total. The first-order valence-corrected chi connectivity index (χ1v) is 8.61. The number of ether oxygens (including phenoxy) is 1. The highest BCUT2D eigenvalue weighted by Gasteiger charge is 2.28. The van der Waals surface area contributed by atoms with Gasteiger partial charge in [-0.05, 0) is 39.1 Å². The molecule has 0 bridgehead atoms. The fourth-order valence-corrected chi connectivity index (χ4v) is 3.39. The van der Waals surface area contributed by atoms with Gasteiger partial charge in [0, 0.05) is 37.8 Å². The average Bonchev–Trinajstić information content (AvgIpc) is 2.95. The summed E-state index contributed by atoms with van der Waals surface area (Å²) in [6.07, 6.45) is 0. The second kappa shape index (κ2) is 6.99. The van der Waals surface area contributed by atoms with Gasteiger partial charge in [0.05, 0.1) is 6.04 Å². The molecule has 24 heavy (non-hydrogen) atoms. The van der Waals surface area contributed by atoms with Gasteiger partial charge in [0.15, 0.2) is 0 Å². The lowest BCUT2D eigenvalue weighted by atomic mass is 10.0. The van der Waals surface area contributed by atoms with Gasteiger partial charge in [0.1, 0.15) is 12.4 Å². The standard InChI is InChI=1S/C18H28N4O2/c1-12-5-6-15-16(11-24-17(15)13(12)2)20-18(23)19-9-14-10-21(3)7-8-22(14)4/h5-6,14,16H,7-11H2,1-4H3,(H2,19,20,23). The Morgan fingerprint density at radius 2 is 2.08 bits per heavy atom. The van der Waals surface area contributed by atoms with E-state index in [1.165, 1.54) is 5.56 Å². The van der Waals surface area contributed by atoms with Gasteiger partial charge < -0.3 is 20.3 Å². The molecule has 132 valence electrons. The summed E-state index contributed by atoms with van der Waals surface area (Å²) in [5.41, 5.74) is 3.44. The van der Waals surface area contributed by atoms with Crippen LogP contribution in [0.4, 0.5) is 4.79 Å². The van der Waals surface area contributed by atoms with Crippen LogP contribution >= 0.6 is 0 Å². The van der Waals surface area contributed by atoms with Gasteiger partial charge in [-0.25, -0.2) is 4.79 Å². The van der Waals surface area contributed by atoms with Crippen LogP contribution in [0, 0.1) is 13.8 Å². The van der Waals surface area contributed by atoms with E-state index in [0.717, 1.165) is 36.5 Å². The quantitative estimate of drug-likeness (QED) is 0.876. The number of carbonyl (C=O) groups excluding carboxylic acids is 1. The minimum atomic E-state index is -0.128. The van der Waals surface area contributed by atoms with Crippen LogP contribution in [0.25, 0.3) is 0 Å². The van der Waals surface area contributed by atoms with Crippen LogP contribution in [0.2, 0.25) is 0 Å². The molecule has 2 atom stereocenters. The first kappa shape index (κ1) is 17.0. The van der Waals surface area contributed by atoms with Crippen molar-refractivity contribution in [1.82, 2.24) is 20.4 Å². The van der Waals surface area contributed by atoms with E-state index in [4.69, 9.17) is 4.74 Å². The summed E-state index contributed by atoms with van der Waals surface area (Å²) in [7, 11) is 4.24. The largest absolute Gasteiger partial charge is 0.490 e. The number of carbonyl (C=O) groups is 1. The molecule has 2 unspecified atom stereocenters. The molecule has 1 aromatic carbocycles. The molecule has 0 radical (unpaired) electrons. The zero-order chi connectivity index (χ0) is 17.3. The number of hydrogen-bond donors (Lipinski definition) is 2. The molecule has 2 aliphatic heterocycles. The molecule has 0 spiro atoms. The van der Waals surface area contributed by atoms with E-state index in [0.29, 0.717) is 19.2 Å². The van der Waals surface area contributed by atoms with Gasteiger partial charge >= 0.3 is 6.03 Å². The maximum absolute atomic E-state index is 12.3. The van der Waals surface area contributed by atoms with Crippen molar-refractivity contribution in [2.75, 3.05) is 46.9 Å². The molecule has 0 saturated carbocycles. The fourth-order valence-electron chi connectivity index (χ4n) is 3.39. The second-order valence-electron chi connectivity index (χ2n) is 7.04. The van der Waals surface area contributed by atoms with Crippen LogP contribution < -0.4 is 15.4 Å². The minimum absolute atomic E-state index is 0.0777. The Hall–Kier alpha value is -1.79. The molecule has 2 amide bonds. The first-order valence-electron chi connectivity index (χ1n) is 8.61.